The summed E-state index contributed by atoms with van der Waals surface area (Å²) in [5.41, 5.74) is 0. The highest BCUT2D eigenvalue weighted by Gasteiger charge is 2.48. The van der Waals surface area contributed by atoms with Crippen molar-refractivity contribution in [3.63, 3.8) is 0 Å². The highest BCUT2D eigenvalue weighted by atomic mass is 16.1. The second-order valence-electron chi connectivity index (χ2n) is 4.55. The van der Waals surface area contributed by atoms with Crippen molar-refractivity contribution >= 4 is 6.29 Å². The number of rotatable bonds is 2. The van der Waals surface area contributed by atoms with Gasteiger partial charge in [0, 0.05) is 6.42 Å². The average molecular weight is 174 g/mol. The van der Waals surface area contributed by atoms with Crippen LogP contribution in [0, 0.1) is 29.6 Å². The number of allylic oxidation sites excluding steroid dienone is 4. The molecule has 0 amide bonds. The SMILES string of the molecule is O=CC[C@@H]1C=C[C@@H]2[C@H]1[C@@H]1C=C[C@H]2C1. The number of fused-ring (bicyclic) bond motifs is 5. The van der Waals surface area contributed by atoms with Crippen LogP contribution in [0.2, 0.25) is 0 Å². The van der Waals surface area contributed by atoms with Gasteiger partial charge in [-0.3, -0.25) is 0 Å². The van der Waals surface area contributed by atoms with E-state index in [1.54, 1.807) is 0 Å². The largest absolute Gasteiger partial charge is 0.303 e. The van der Waals surface area contributed by atoms with Gasteiger partial charge in [0.15, 0.2) is 0 Å². The highest BCUT2D eigenvalue weighted by molar-refractivity contribution is 5.51. The number of hydrogen-bond donors (Lipinski definition) is 0. The Hall–Kier alpha value is -0.850. The first-order valence-corrected chi connectivity index (χ1v) is 5.20. The molecule has 13 heavy (non-hydrogen) atoms. The van der Waals surface area contributed by atoms with Crippen molar-refractivity contribution in [1.82, 2.24) is 0 Å². The molecule has 3 aliphatic carbocycles. The summed E-state index contributed by atoms with van der Waals surface area (Å²) < 4.78 is 0. The summed E-state index contributed by atoms with van der Waals surface area (Å²) in [6.45, 7) is 0. The summed E-state index contributed by atoms with van der Waals surface area (Å²) in [5, 5.41) is 0. The van der Waals surface area contributed by atoms with Gasteiger partial charge in [0.25, 0.3) is 0 Å². The van der Waals surface area contributed by atoms with Crippen LogP contribution < -0.4 is 0 Å². The summed E-state index contributed by atoms with van der Waals surface area (Å²) in [7, 11) is 0. The molecular formula is C12H14O. The molecule has 0 aromatic carbocycles. The summed E-state index contributed by atoms with van der Waals surface area (Å²) in [6.07, 6.45) is 12.5. The third-order valence-corrected chi connectivity index (χ3v) is 4.03. The molecule has 0 aliphatic heterocycles. The smallest absolute Gasteiger partial charge is 0.120 e. The molecule has 5 atom stereocenters. The summed E-state index contributed by atoms with van der Waals surface area (Å²) >= 11 is 0. The van der Waals surface area contributed by atoms with E-state index >= 15 is 0 Å². The zero-order valence-corrected chi connectivity index (χ0v) is 7.60. The van der Waals surface area contributed by atoms with Gasteiger partial charge in [-0.1, -0.05) is 24.3 Å². The molecule has 0 N–H and O–H groups in total. The molecule has 0 aromatic rings. The Kier molecular flexibility index (Phi) is 1.49. The van der Waals surface area contributed by atoms with Crippen molar-refractivity contribution in [1.29, 1.82) is 0 Å². The minimum absolute atomic E-state index is 0.544. The van der Waals surface area contributed by atoms with Crippen LogP contribution >= 0.6 is 0 Å². The molecule has 0 spiro atoms. The summed E-state index contributed by atoms with van der Waals surface area (Å²) in [6, 6.07) is 0. The van der Waals surface area contributed by atoms with E-state index in [4.69, 9.17) is 0 Å². The maximum Gasteiger partial charge on any atom is 0.120 e. The van der Waals surface area contributed by atoms with E-state index < -0.39 is 0 Å². The normalized spacial score (nSPS) is 50.0. The van der Waals surface area contributed by atoms with Gasteiger partial charge in [-0.2, -0.15) is 0 Å². The maximum atomic E-state index is 10.5. The van der Waals surface area contributed by atoms with Crippen LogP contribution in [0.1, 0.15) is 12.8 Å². The average Bonchev–Trinajstić information content (AvgIpc) is 2.74. The van der Waals surface area contributed by atoms with E-state index in [0.717, 1.165) is 36.4 Å². The molecule has 3 aliphatic rings. The van der Waals surface area contributed by atoms with Crippen LogP contribution in [0.4, 0.5) is 0 Å². The van der Waals surface area contributed by atoms with E-state index in [1.165, 1.54) is 6.42 Å². The van der Waals surface area contributed by atoms with Crippen molar-refractivity contribution in [2.24, 2.45) is 29.6 Å². The van der Waals surface area contributed by atoms with Gasteiger partial charge in [0.05, 0.1) is 0 Å². The topological polar surface area (TPSA) is 17.1 Å². The lowest BCUT2D eigenvalue weighted by Crippen LogP contribution is -2.20. The molecule has 1 saturated carbocycles. The molecule has 1 heteroatoms. The molecule has 0 heterocycles. The lowest BCUT2D eigenvalue weighted by Gasteiger charge is -2.24. The van der Waals surface area contributed by atoms with Gasteiger partial charge >= 0.3 is 0 Å². The first-order chi connectivity index (χ1) is 6.40. The van der Waals surface area contributed by atoms with Crippen LogP contribution in [-0.4, -0.2) is 6.29 Å². The molecule has 0 aromatic heterocycles. The monoisotopic (exact) mass is 174 g/mol. The second kappa shape index (κ2) is 2.57. The second-order valence-corrected chi connectivity index (χ2v) is 4.55. The Morgan fingerprint density at radius 1 is 1.15 bits per heavy atom. The summed E-state index contributed by atoms with van der Waals surface area (Å²) in [5.74, 6) is 3.64. The predicted molar refractivity (Wildman–Crippen MR) is 51.0 cm³/mol. The fourth-order valence-electron chi connectivity index (χ4n) is 3.52. The van der Waals surface area contributed by atoms with Crippen molar-refractivity contribution in [2.45, 2.75) is 12.8 Å². The molecule has 0 saturated heterocycles. The molecule has 1 nitrogen and oxygen atoms in total. The number of aldehydes is 1. The molecule has 0 unspecified atom stereocenters. The van der Waals surface area contributed by atoms with Crippen LogP contribution in [0.25, 0.3) is 0 Å². The third kappa shape index (κ3) is 0.903. The Balaban J connectivity index is 1.87. The molecule has 3 rings (SSSR count). The minimum atomic E-state index is 0.544. The summed E-state index contributed by atoms with van der Waals surface area (Å²) in [4.78, 5) is 10.5. The standard InChI is InChI=1S/C12H14O/c13-6-5-8-3-4-11-9-1-2-10(7-9)12(8)11/h1-4,6,8-12H,5,7H2/t8-,9-,10+,11-,12+/m0/s1. The van der Waals surface area contributed by atoms with Gasteiger partial charge in [0.1, 0.15) is 6.29 Å². The lowest BCUT2D eigenvalue weighted by molar-refractivity contribution is -0.108. The van der Waals surface area contributed by atoms with Crippen LogP contribution in [0.3, 0.4) is 0 Å². The lowest BCUT2D eigenvalue weighted by atomic mass is 9.79. The molecule has 68 valence electrons. The van der Waals surface area contributed by atoms with Crippen molar-refractivity contribution in [3.05, 3.63) is 24.3 Å². The fourth-order valence-corrected chi connectivity index (χ4v) is 3.52. The quantitative estimate of drug-likeness (QED) is 0.463. The zero-order chi connectivity index (χ0) is 8.84. The Morgan fingerprint density at radius 2 is 2.00 bits per heavy atom. The van der Waals surface area contributed by atoms with E-state index in [1.807, 2.05) is 0 Å². The predicted octanol–water partition coefficient (Wildman–Crippen LogP) is 2.20. The Bertz CT molecular complexity index is 289. The maximum absolute atomic E-state index is 10.5. The van der Waals surface area contributed by atoms with E-state index in [9.17, 15) is 4.79 Å². The minimum Gasteiger partial charge on any atom is -0.303 e. The van der Waals surface area contributed by atoms with Gasteiger partial charge in [-0.15, -0.1) is 0 Å². The van der Waals surface area contributed by atoms with Crippen molar-refractivity contribution in [3.8, 4) is 0 Å². The first-order valence-electron chi connectivity index (χ1n) is 5.20. The first kappa shape index (κ1) is 7.54. The van der Waals surface area contributed by atoms with E-state index in [2.05, 4.69) is 24.3 Å². The van der Waals surface area contributed by atoms with Gasteiger partial charge in [-0.25, -0.2) is 0 Å². The molecular weight excluding hydrogens is 160 g/mol. The van der Waals surface area contributed by atoms with Gasteiger partial charge in [-0.05, 0) is 36.0 Å². The van der Waals surface area contributed by atoms with Crippen molar-refractivity contribution < 1.29 is 4.79 Å². The Morgan fingerprint density at radius 3 is 2.85 bits per heavy atom. The van der Waals surface area contributed by atoms with E-state index in [-0.39, 0.29) is 0 Å². The van der Waals surface area contributed by atoms with Gasteiger partial charge < -0.3 is 4.79 Å². The van der Waals surface area contributed by atoms with E-state index in [0.29, 0.717) is 5.92 Å². The fraction of sp³-hybridized carbons (Fsp3) is 0.583. The number of hydrogen-bond acceptors (Lipinski definition) is 1. The number of carbonyl (C=O) groups is 1. The molecule has 1 fully saturated rings. The third-order valence-electron chi connectivity index (χ3n) is 4.03. The highest BCUT2D eigenvalue weighted by Crippen LogP contribution is 2.55. The number of carbonyl (C=O) groups excluding carboxylic acids is 1. The molecule has 0 radical (unpaired) electrons. The van der Waals surface area contributed by atoms with Crippen LogP contribution in [-0.2, 0) is 4.79 Å². The zero-order valence-electron chi connectivity index (χ0n) is 7.60. The van der Waals surface area contributed by atoms with Crippen LogP contribution in [0.15, 0.2) is 24.3 Å². The van der Waals surface area contributed by atoms with Crippen molar-refractivity contribution in [2.75, 3.05) is 0 Å². The molecule has 2 bridgehead atoms. The van der Waals surface area contributed by atoms with Gasteiger partial charge in [0.2, 0.25) is 0 Å². The van der Waals surface area contributed by atoms with Crippen LogP contribution in [0.5, 0.6) is 0 Å². The Labute approximate surface area is 78.5 Å².